The van der Waals surface area contributed by atoms with Crippen molar-refractivity contribution in [2.24, 2.45) is 0 Å². The van der Waals surface area contributed by atoms with Gasteiger partial charge in [0.05, 0.1) is 25.6 Å². The van der Waals surface area contributed by atoms with E-state index >= 15 is 0 Å². The average Bonchev–Trinajstić information content (AvgIpc) is 2.83. The first-order valence-electron chi connectivity index (χ1n) is 9.92. The minimum absolute atomic E-state index is 0.0378. The lowest BCUT2D eigenvalue weighted by Gasteiger charge is -2.36. The van der Waals surface area contributed by atoms with Crippen molar-refractivity contribution in [1.82, 2.24) is 0 Å². The van der Waals surface area contributed by atoms with Crippen LogP contribution in [0.25, 0.3) is 6.08 Å². The highest BCUT2D eigenvalue weighted by Gasteiger charge is 2.41. The Labute approximate surface area is 205 Å². The summed E-state index contributed by atoms with van der Waals surface area (Å²) in [7, 11) is 3.05. The second-order valence-corrected chi connectivity index (χ2v) is 8.24. The molecule has 0 bridgehead atoms. The number of carbonyl (C=O) groups is 2. The molecular weight excluding hydrogens is 504 g/mol. The molecule has 1 aliphatic rings. The fourth-order valence-electron chi connectivity index (χ4n) is 3.48. The number of benzene rings is 3. The molecule has 0 spiro atoms. The molecule has 0 saturated carbocycles. The molecule has 0 unspecified atom stereocenters. The third-order valence-corrected chi connectivity index (χ3v) is 6.13. The molecule has 0 N–H and O–H groups in total. The van der Waals surface area contributed by atoms with E-state index in [4.69, 9.17) is 21.7 Å². The number of halogens is 1. The fraction of sp³-hybridized carbons (Fsp3) is 0.0800. The normalized spacial score (nSPS) is 13.9. The molecule has 3 aromatic rings. The monoisotopic (exact) mass is 522 g/mol. The Morgan fingerprint density at radius 3 is 1.70 bits per heavy atom. The maximum absolute atomic E-state index is 13.6. The molecular formula is C25H19BrN2O4S. The number of rotatable bonds is 5. The number of hydrogen-bond acceptors (Lipinski definition) is 5. The van der Waals surface area contributed by atoms with E-state index in [1.165, 1.54) is 30.1 Å². The lowest BCUT2D eigenvalue weighted by atomic mass is 10.0. The van der Waals surface area contributed by atoms with Gasteiger partial charge >= 0.3 is 0 Å². The van der Waals surface area contributed by atoms with Gasteiger partial charge in [0.25, 0.3) is 11.8 Å². The zero-order chi connectivity index (χ0) is 23.5. The van der Waals surface area contributed by atoms with Crippen molar-refractivity contribution >= 4 is 62.5 Å². The van der Waals surface area contributed by atoms with Crippen LogP contribution in [0.1, 0.15) is 5.56 Å². The van der Waals surface area contributed by atoms with Crippen molar-refractivity contribution in [3.8, 4) is 11.5 Å². The number of carbonyl (C=O) groups excluding carboxylic acids is 2. The lowest BCUT2D eigenvalue weighted by Crippen LogP contribution is -2.56. The Morgan fingerprint density at radius 2 is 1.24 bits per heavy atom. The first-order chi connectivity index (χ1) is 16.0. The van der Waals surface area contributed by atoms with Gasteiger partial charge < -0.3 is 9.47 Å². The number of methoxy groups -OCH3 is 2. The lowest BCUT2D eigenvalue weighted by molar-refractivity contribution is -0.120. The molecule has 4 rings (SSSR count). The van der Waals surface area contributed by atoms with Gasteiger partial charge in [-0.15, -0.1) is 0 Å². The molecule has 1 fully saturated rings. The van der Waals surface area contributed by atoms with Gasteiger partial charge in [0.1, 0.15) is 5.57 Å². The maximum Gasteiger partial charge on any atom is 0.270 e. The molecule has 33 heavy (non-hydrogen) atoms. The van der Waals surface area contributed by atoms with E-state index in [0.717, 1.165) is 0 Å². The van der Waals surface area contributed by atoms with Gasteiger partial charge in [-0.1, -0.05) is 52.3 Å². The quantitative estimate of drug-likeness (QED) is 0.261. The van der Waals surface area contributed by atoms with Crippen molar-refractivity contribution in [2.45, 2.75) is 0 Å². The average molecular weight is 523 g/mol. The largest absolute Gasteiger partial charge is 0.493 e. The second kappa shape index (κ2) is 9.56. The molecule has 0 atom stereocenters. The first kappa shape index (κ1) is 22.7. The van der Waals surface area contributed by atoms with Crippen LogP contribution >= 0.6 is 28.1 Å². The van der Waals surface area contributed by atoms with Gasteiger partial charge in [0.2, 0.25) is 0 Å². The van der Waals surface area contributed by atoms with Gasteiger partial charge in [0.15, 0.2) is 16.6 Å². The van der Waals surface area contributed by atoms with E-state index in [1.807, 2.05) is 36.4 Å². The van der Waals surface area contributed by atoms with Crippen LogP contribution in [0, 0.1) is 0 Å². The maximum atomic E-state index is 13.6. The van der Waals surface area contributed by atoms with Crippen LogP contribution in [-0.2, 0) is 9.59 Å². The topological polar surface area (TPSA) is 59.1 Å². The van der Waals surface area contributed by atoms with Crippen LogP contribution in [0.3, 0.4) is 0 Å². The number of thiocarbonyl (C=S) groups is 1. The van der Waals surface area contributed by atoms with E-state index in [-0.39, 0.29) is 10.7 Å². The van der Waals surface area contributed by atoms with E-state index in [9.17, 15) is 9.59 Å². The highest BCUT2D eigenvalue weighted by atomic mass is 79.9. The number of nitrogens with zero attached hydrogens (tertiary/aromatic N) is 2. The Balaban J connectivity index is 1.89. The molecule has 8 heteroatoms. The summed E-state index contributed by atoms with van der Waals surface area (Å²) < 4.78 is 11.3. The molecule has 0 aromatic heterocycles. The van der Waals surface area contributed by atoms with Crippen molar-refractivity contribution in [1.29, 1.82) is 0 Å². The van der Waals surface area contributed by atoms with E-state index in [0.29, 0.717) is 32.9 Å². The van der Waals surface area contributed by atoms with Crippen LogP contribution in [-0.4, -0.2) is 31.1 Å². The molecule has 2 amide bonds. The molecule has 1 saturated heterocycles. The summed E-state index contributed by atoms with van der Waals surface area (Å²) in [6, 6.07) is 21.4. The summed E-state index contributed by atoms with van der Waals surface area (Å²) in [5, 5.41) is 0.0888. The van der Waals surface area contributed by atoms with Crippen LogP contribution < -0.4 is 19.3 Å². The predicted octanol–water partition coefficient (Wildman–Crippen LogP) is 5.21. The molecule has 1 heterocycles. The molecule has 3 aromatic carbocycles. The number of hydrogen-bond donors (Lipinski definition) is 0. The highest BCUT2D eigenvalue weighted by molar-refractivity contribution is 9.10. The predicted molar refractivity (Wildman–Crippen MR) is 136 cm³/mol. The minimum atomic E-state index is -0.509. The number of para-hydroxylation sites is 2. The van der Waals surface area contributed by atoms with Crippen LogP contribution in [0.4, 0.5) is 11.4 Å². The molecule has 1 aliphatic heterocycles. The number of anilines is 2. The summed E-state index contributed by atoms with van der Waals surface area (Å²) in [5.74, 6) is -0.0282. The molecule has 166 valence electrons. The smallest absolute Gasteiger partial charge is 0.270 e. The second-order valence-electron chi connectivity index (χ2n) is 7.02. The van der Waals surface area contributed by atoms with E-state index in [1.54, 1.807) is 36.4 Å². The molecule has 6 nitrogen and oxygen atoms in total. The van der Waals surface area contributed by atoms with Gasteiger partial charge in [-0.3, -0.25) is 19.4 Å². The van der Waals surface area contributed by atoms with Crippen LogP contribution in [0.2, 0.25) is 0 Å². The summed E-state index contributed by atoms with van der Waals surface area (Å²) in [6.07, 6.45) is 1.53. The summed E-state index contributed by atoms with van der Waals surface area (Å²) in [5.41, 5.74) is 1.68. The van der Waals surface area contributed by atoms with E-state index in [2.05, 4.69) is 15.9 Å². The van der Waals surface area contributed by atoms with Gasteiger partial charge in [0, 0.05) is 4.47 Å². The Bertz CT molecular complexity index is 1200. The summed E-state index contributed by atoms with van der Waals surface area (Å²) in [6.45, 7) is 0. The number of amides is 2. The van der Waals surface area contributed by atoms with Gasteiger partial charge in [-0.2, -0.15) is 0 Å². The van der Waals surface area contributed by atoms with Gasteiger partial charge in [-0.05, 0) is 60.3 Å². The fourth-order valence-corrected chi connectivity index (χ4v) is 4.29. The van der Waals surface area contributed by atoms with Crippen LogP contribution in [0.5, 0.6) is 11.5 Å². The summed E-state index contributed by atoms with van der Waals surface area (Å²) in [4.78, 5) is 29.9. The zero-order valence-electron chi connectivity index (χ0n) is 17.8. The van der Waals surface area contributed by atoms with Gasteiger partial charge in [-0.25, -0.2) is 0 Å². The van der Waals surface area contributed by atoms with Crippen molar-refractivity contribution in [3.63, 3.8) is 0 Å². The zero-order valence-corrected chi connectivity index (χ0v) is 20.2. The highest BCUT2D eigenvalue weighted by Crippen LogP contribution is 2.36. The van der Waals surface area contributed by atoms with Crippen LogP contribution in [0.15, 0.2) is 82.8 Å². The van der Waals surface area contributed by atoms with Crippen molar-refractivity contribution < 1.29 is 19.1 Å². The summed E-state index contributed by atoms with van der Waals surface area (Å²) >= 11 is 9.11. The van der Waals surface area contributed by atoms with Crippen molar-refractivity contribution in [2.75, 3.05) is 24.0 Å². The van der Waals surface area contributed by atoms with Crippen molar-refractivity contribution in [3.05, 3.63) is 88.4 Å². The Hall–Kier alpha value is -3.49. The standard InChI is InChI=1S/C25H19BrN2O4S/c1-31-21-14-16(20(26)15-22(21)32-2)13-19-23(29)27(17-9-5-3-6-10-17)25(33)28(24(19)30)18-11-7-4-8-12-18/h3-15H,1-2H3. The molecule has 0 aliphatic carbocycles. The third kappa shape index (κ3) is 4.27. The number of ether oxygens (including phenoxy) is 2. The third-order valence-electron chi connectivity index (χ3n) is 5.08. The first-order valence-corrected chi connectivity index (χ1v) is 11.1. The molecule has 0 radical (unpaired) electrons. The minimum Gasteiger partial charge on any atom is -0.493 e. The Morgan fingerprint density at radius 1 is 0.788 bits per heavy atom. The Kier molecular flexibility index (Phi) is 6.57. The SMILES string of the molecule is COc1cc(Br)c(C=C2C(=O)N(c3ccccc3)C(=S)N(c3ccccc3)C2=O)cc1OC. The van der Waals surface area contributed by atoms with E-state index < -0.39 is 11.8 Å².